The first kappa shape index (κ1) is 15.7. The summed E-state index contributed by atoms with van der Waals surface area (Å²) in [6, 6.07) is 1.89. The van der Waals surface area contributed by atoms with Gasteiger partial charge in [0.15, 0.2) is 17.4 Å². The van der Waals surface area contributed by atoms with Crippen molar-refractivity contribution in [2.24, 2.45) is 0 Å². The molecular formula is CH9AlBCuOTi. The molecule has 0 aromatic carbocycles. The second-order valence-electron chi connectivity index (χ2n) is 0.947. The van der Waals surface area contributed by atoms with Crippen molar-refractivity contribution in [1.82, 2.24) is 0 Å². The van der Waals surface area contributed by atoms with Gasteiger partial charge in [-0.1, -0.05) is 0 Å². The minimum absolute atomic E-state index is 0. The molecule has 0 aliphatic carbocycles. The van der Waals surface area contributed by atoms with Crippen LogP contribution in [0.4, 0.5) is 0 Å². The van der Waals surface area contributed by atoms with Crippen LogP contribution in [0.25, 0.3) is 0 Å². The Balaban J connectivity index is -0.0000000450. The molecule has 0 saturated carbocycles. The predicted molar refractivity (Wildman–Crippen MR) is 26.6 cm³/mol. The zero-order valence-corrected chi connectivity index (χ0v) is 5.75. The van der Waals surface area contributed by atoms with E-state index in [1.165, 1.54) is 0 Å². The largest absolute Gasteiger partial charge is 0 e. The van der Waals surface area contributed by atoms with Crippen molar-refractivity contribution < 1.29 is 38.8 Å². The van der Waals surface area contributed by atoms with Crippen molar-refractivity contribution in [3.8, 4) is 0 Å². The molecule has 0 amide bonds. The van der Waals surface area contributed by atoms with E-state index in [-0.39, 0.29) is 34.4 Å². The molecule has 0 unspecified atom stereocenters. The van der Waals surface area contributed by atoms with Crippen molar-refractivity contribution in [2.75, 3.05) is 0 Å². The maximum Gasteiger partial charge on any atom is 0 e. The second-order valence-corrected chi connectivity index (χ2v) is 3.91. The van der Waals surface area contributed by atoms with Gasteiger partial charge < -0.3 is 0 Å². The Morgan fingerprint density at radius 3 is 1.67 bits per heavy atom. The van der Waals surface area contributed by atoms with Crippen molar-refractivity contribution in [3.05, 3.63) is 0 Å². The maximum atomic E-state index is 8.22. The van der Waals surface area contributed by atoms with Gasteiger partial charge in [-0.2, -0.15) is 0 Å². The predicted octanol–water partition coefficient (Wildman–Crippen LogP) is -2.08. The summed E-state index contributed by atoms with van der Waals surface area (Å²) in [7, 11) is 0. The Labute approximate surface area is 67.0 Å². The molecule has 0 aromatic heterocycles. The third kappa shape index (κ3) is 41.4. The molecule has 0 spiro atoms. The van der Waals surface area contributed by atoms with Gasteiger partial charge in [-0.3, -0.25) is 0 Å². The fourth-order valence-corrected chi connectivity index (χ4v) is 0. The van der Waals surface area contributed by atoms with E-state index >= 15 is 0 Å². The number of rotatable bonds is 0. The van der Waals surface area contributed by atoms with Crippen LogP contribution in [0.1, 0.15) is 0 Å². The molecule has 0 rings (SSSR count). The molecule has 0 aromatic rings. The molecule has 0 bridgehead atoms. The molecule has 6 heavy (non-hydrogen) atoms. The molecule has 1 N–H and O–H groups in total. The third-order valence-electron chi connectivity index (χ3n) is 0. The Morgan fingerprint density at radius 1 is 1.67 bits per heavy atom. The maximum absolute atomic E-state index is 8.22. The van der Waals surface area contributed by atoms with Crippen molar-refractivity contribution >= 4 is 23.4 Å². The fourth-order valence-electron chi connectivity index (χ4n) is 0. The zero-order chi connectivity index (χ0) is 3.58. The van der Waals surface area contributed by atoms with E-state index in [4.69, 9.17) is 3.69 Å². The SMILES string of the molecule is [AlH3].[BH2][Ti]([CH3])[OH].[Cu]. The van der Waals surface area contributed by atoms with Crippen LogP contribution in [-0.4, -0.2) is 27.1 Å². The third-order valence-corrected chi connectivity index (χ3v) is 0. The summed E-state index contributed by atoms with van der Waals surface area (Å²) in [5.41, 5.74) is 0. The van der Waals surface area contributed by atoms with E-state index < -0.39 is 18.1 Å². The van der Waals surface area contributed by atoms with Gasteiger partial charge in [0.2, 0.25) is 0 Å². The van der Waals surface area contributed by atoms with E-state index in [9.17, 15) is 0 Å². The Hall–Kier alpha value is 1.79. The van der Waals surface area contributed by atoms with Crippen molar-refractivity contribution in [3.63, 3.8) is 0 Å². The summed E-state index contributed by atoms with van der Waals surface area (Å²) < 4.78 is 8.22. The van der Waals surface area contributed by atoms with Crippen LogP contribution in [0, 0.1) is 0 Å². The van der Waals surface area contributed by atoms with E-state index in [0.717, 1.165) is 0 Å². The van der Waals surface area contributed by atoms with Crippen molar-refractivity contribution in [2.45, 2.75) is 5.23 Å². The van der Waals surface area contributed by atoms with Gasteiger partial charge in [0.1, 0.15) is 0 Å². The number of hydrogen-bond donors (Lipinski definition) is 1. The molecule has 0 fully saturated rings. The topological polar surface area (TPSA) is 20.2 Å². The van der Waals surface area contributed by atoms with Gasteiger partial charge in [0.25, 0.3) is 0 Å². The standard InChI is InChI=1S/CH3.Al.BH2.Cu.H2O.Ti.3H/h1H3;;1H2;;1H2;;;;/q;;+1;;;;;;/p-1. The molecule has 0 atom stereocenters. The van der Waals surface area contributed by atoms with Crippen LogP contribution in [0.2, 0.25) is 5.23 Å². The van der Waals surface area contributed by atoms with E-state index in [2.05, 4.69) is 0 Å². The van der Waals surface area contributed by atoms with Crippen LogP contribution in [-0.2, 0) is 35.1 Å². The van der Waals surface area contributed by atoms with Crippen molar-refractivity contribution in [1.29, 1.82) is 0 Å². The van der Waals surface area contributed by atoms with Crippen LogP contribution < -0.4 is 0 Å². The molecule has 0 aliphatic rings. The van der Waals surface area contributed by atoms with Crippen LogP contribution in [0.3, 0.4) is 0 Å². The van der Waals surface area contributed by atoms with Gasteiger partial charge in [-0.15, -0.1) is 0 Å². The average molecular weight is 186 g/mol. The summed E-state index contributed by atoms with van der Waals surface area (Å²) in [5.74, 6) is 0. The Kier molecular flexibility index (Phi) is 25.9. The van der Waals surface area contributed by atoms with Gasteiger partial charge in [-0.05, 0) is 0 Å². The number of hydrogen-bond acceptors (Lipinski definition) is 1. The molecule has 1 nitrogen and oxygen atoms in total. The zero-order valence-electron chi connectivity index (χ0n) is 3.25. The van der Waals surface area contributed by atoms with E-state index in [1.54, 1.807) is 0 Å². The normalized spacial score (nSPS) is 4.33. The smallest absolute Gasteiger partial charge is 0 e. The molecule has 5 heteroatoms. The molecule has 40 valence electrons. The van der Waals surface area contributed by atoms with Gasteiger partial charge in [-0.25, -0.2) is 0 Å². The minimum atomic E-state index is -1.33. The first-order valence-corrected chi connectivity index (χ1v) is 5.05. The van der Waals surface area contributed by atoms with E-state index in [1.807, 2.05) is 11.3 Å². The summed E-state index contributed by atoms with van der Waals surface area (Å²) in [4.78, 5) is 0. The van der Waals surface area contributed by atoms with Crippen LogP contribution >= 0.6 is 0 Å². The second kappa shape index (κ2) is 9.92. The summed E-state index contributed by atoms with van der Waals surface area (Å²) in [6.45, 7) is 0. The van der Waals surface area contributed by atoms with Crippen LogP contribution in [0.15, 0.2) is 0 Å². The molecule has 0 saturated heterocycles. The van der Waals surface area contributed by atoms with Gasteiger partial charge >= 0.3 is 33.0 Å². The Morgan fingerprint density at radius 2 is 1.67 bits per heavy atom. The van der Waals surface area contributed by atoms with Gasteiger partial charge in [0.05, 0.1) is 0 Å². The first-order valence-electron chi connectivity index (χ1n) is 1.22. The average Bonchev–Trinajstić information content (AvgIpc) is 0.811. The monoisotopic (exact) mass is 186 g/mol. The molecule has 1 radical (unpaired) electrons. The summed E-state index contributed by atoms with van der Waals surface area (Å²) >= 11 is -1.33. The van der Waals surface area contributed by atoms with Crippen LogP contribution in [0.5, 0.6) is 0 Å². The van der Waals surface area contributed by atoms with Gasteiger partial charge in [0, 0.05) is 17.1 Å². The summed E-state index contributed by atoms with van der Waals surface area (Å²) in [6.07, 6.45) is 0. The molecule has 0 aliphatic heterocycles. The quantitative estimate of drug-likeness (QED) is 0.431. The van der Waals surface area contributed by atoms with E-state index in [0.29, 0.717) is 0 Å². The fraction of sp³-hybridized carbons (Fsp3) is 1.00. The molecule has 0 heterocycles. The minimum Gasteiger partial charge on any atom is 0 e. The summed E-state index contributed by atoms with van der Waals surface area (Å²) in [5, 5.41) is 1.89. The first-order chi connectivity index (χ1) is 1.73. The Bertz CT molecular complexity index is 20.3. The molecular weight excluding hydrogens is 177 g/mol.